The molecule has 7 heteroatoms. The van der Waals surface area contributed by atoms with Crippen molar-refractivity contribution in [3.05, 3.63) is 73.7 Å². The summed E-state index contributed by atoms with van der Waals surface area (Å²) >= 11 is 3.48. The third-order valence-electron chi connectivity index (χ3n) is 3.84. The molecule has 2 N–H and O–H groups in total. The van der Waals surface area contributed by atoms with Gasteiger partial charge in [-0.3, -0.25) is 14.8 Å². The molecule has 24 heavy (non-hydrogen) atoms. The summed E-state index contributed by atoms with van der Waals surface area (Å²) in [6.45, 7) is 0. The highest BCUT2D eigenvalue weighted by molar-refractivity contribution is 9.10. The molecule has 0 unspecified atom stereocenters. The Bertz CT molecular complexity index is 1220. The zero-order valence-electron chi connectivity index (χ0n) is 12.1. The van der Waals surface area contributed by atoms with Crippen molar-refractivity contribution in [1.82, 2.24) is 15.0 Å². The molecule has 0 fully saturated rings. The van der Waals surface area contributed by atoms with Crippen LogP contribution in [0.5, 0.6) is 0 Å². The molecule has 0 bridgehead atoms. The molecule has 5 nitrogen and oxygen atoms in total. The highest BCUT2D eigenvalue weighted by Crippen LogP contribution is 2.34. The number of hydrogen-bond acceptors (Lipinski definition) is 3. The summed E-state index contributed by atoms with van der Waals surface area (Å²) in [5.74, 6) is -0.737. The largest absolute Gasteiger partial charge is 0.326 e. The molecule has 0 radical (unpaired) electrons. The van der Waals surface area contributed by atoms with Crippen LogP contribution in [0.3, 0.4) is 0 Å². The number of H-pyrrole nitrogens is 2. The number of pyridine rings is 1. The van der Waals surface area contributed by atoms with Gasteiger partial charge in [-0.2, -0.15) is 0 Å². The number of halogens is 2. The Balaban J connectivity index is 2.14. The molecule has 2 aromatic carbocycles. The fourth-order valence-electron chi connectivity index (χ4n) is 2.78. The number of nitrogens with one attached hydrogen (secondary N) is 2. The monoisotopic (exact) mass is 385 g/mol. The van der Waals surface area contributed by atoms with E-state index in [-0.39, 0.29) is 16.6 Å². The van der Waals surface area contributed by atoms with Crippen molar-refractivity contribution in [1.29, 1.82) is 0 Å². The lowest BCUT2D eigenvalue weighted by Crippen LogP contribution is -2.22. The maximum atomic E-state index is 15.0. The van der Waals surface area contributed by atoms with Crippen LogP contribution in [-0.4, -0.2) is 15.0 Å². The number of hydrogen-bond donors (Lipinski definition) is 2. The lowest BCUT2D eigenvalue weighted by atomic mass is 10.0. The normalized spacial score (nSPS) is 11.2. The van der Waals surface area contributed by atoms with E-state index >= 15 is 0 Å². The summed E-state index contributed by atoms with van der Waals surface area (Å²) in [5.41, 5.74) is -0.951. The second-order valence-electron chi connectivity index (χ2n) is 5.26. The number of benzene rings is 2. The van der Waals surface area contributed by atoms with Crippen molar-refractivity contribution in [3.63, 3.8) is 0 Å². The van der Waals surface area contributed by atoms with Crippen LogP contribution in [0.1, 0.15) is 0 Å². The lowest BCUT2D eigenvalue weighted by molar-refractivity contribution is 0.634. The summed E-state index contributed by atoms with van der Waals surface area (Å²) in [7, 11) is 0. The fraction of sp³-hybridized carbons (Fsp3) is 0. The standard InChI is InChI=1S/C17H9BrFN3O2/c18-11-6-2-4-8-3-1-5-9(12(8)11)14-13(19)15-10(7-20-14)16(23)22-17(24)21-15/h1-7H,(H2,21,22,23,24). The van der Waals surface area contributed by atoms with Crippen LogP contribution in [0.25, 0.3) is 32.9 Å². The topological polar surface area (TPSA) is 78.6 Å². The molecule has 0 saturated carbocycles. The predicted molar refractivity (Wildman–Crippen MR) is 93.6 cm³/mol. The van der Waals surface area contributed by atoms with Crippen LogP contribution in [0, 0.1) is 5.82 Å². The minimum Gasteiger partial charge on any atom is -0.304 e. The van der Waals surface area contributed by atoms with Gasteiger partial charge < -0.3 is 4.98 Å². The first-order valence-electron chi connectivity index (χ1n) is 7.04. The molecule has 0 spiro atoms. The van der Waals surface area contributed by atoms with Gasteiger partial charge in [-0.25, -0.2) is 9.18 Å². The Morgan fingerprint density at radius 3 is 2.58 bits per heavy atom. The average molecular weight is 386 g/mol. The SMILES string of the molecule is O=c1[nH]c(=O)c2cnc(-c3cccc4cccc(Br)c34)c(F)c2[nH]1. The summed E-state index contributed by atoms with van der Waals surface area (Å²) < 4.78 is 15.8. The minimum absolute atomic E-state index is 0.00449. The third-order valence-corrected chi connectivity index (χ3v) is 4.50. The average Bonchev–Trinajstić information content (AvgIpc) is 2.56. The van der Waals surface area contributed by atoms with Gasteiger partial charge in [0.1, 0.15) is 5.69 Å². The number of fused-ring (bicyclic) bond motifs is 2. The van der Waals surface area contributed by atoms with Crippen LogP contribution in [0.15, 0.2) is 56.7 Å². The summed E-state index contributed by atoms with van der Waals surface area (Å²) in [5, 5.41) is 1.72. The van der Waals surface area contributed by atoms with E-state index in [9.17, 15) is 14.0 Å². The second-order valence-corrected chi connectivity index (χ2v) is 6.12. The minimum atomic E-state index is -0.761. The Morgan fingerprint density at radius 2 is 1.79 bits per heavy atom. The Hall–Kier alpha value is -2.80. The molecule has 2 aromatic heterocycles. The van der Waals surface area contributed by atoms with E-state index in [1.165, 1.54) is 6.20 Å². The quantitative estimate of drug-likeness (QED) is 0.527. The smallest absolute Gasteiger partial charge is 0.304 e. The molecule has 0 aliphatic heterocycles. The lowest BCUT2D eigenvalue weighted by Gasteiger charge is -2.10. The molecule has 4 rings (SSSR count). The van der Waals surface area contributed by atoms with Crippen LogP contribution in [0.4, 0.5) is 4.39 Å². The van der Waals surface area contributed by atoms with Gasteiger partial charge in [0, 0.05) is 21.6 Å². The second kappa shape index (κ2) is 5.38. The van der Waals surface area contributed by atoms with E-state index < -0.39 is 17.1 Å². The van der Waals surface area contributed by atoms with E-state index in [1.54, 1.807) is 12.1 Å². The molecule has 0 aliphatic rings. The van der Waals surface area contributed by atoms with Gasteiger partial charge in [-0.05, 0) is 11.5 Å². The van der Waals surface area contributed by atoms with Gasteiger partial charge in [0.15, 0.2) is 5.82 Å². The molecule has 2 heterocycles. The molecular formula is C17H9BrFN3O2. The van der Waals surface area contributed by atoms with Crippen molar-refractivity contribution in [3.8, 4) is 11.3 Å². The molecule has 4 aromatic rings. The zero-order chi connectivity index (χ0) is 16.8. The maximum Gasteiger partial charge on any atom is 0.326 e. The highest BCUT2D eigenvalue weighted by atomic mass is 79.9. The van der Waals surface area contributed by atoms with Gasteiger partial charge >= 0.3 is 5.69 Å². The fourth-order valence-corrected chi connectivity index (χ4v) is 3.37. The van der Waals surface area contributed by atoms with Gasteiger partial charge in [0.2, 0.25) is 0 Å². The molecular weight excluding hydrogens is 377 g/mol. The Kier molecular flexibility index (Phi) is 3.31. The van der Waals surface area contributed by atoms with Crippen LogP contribution < -0.4 is 11.2 Å². The van der Waals surface area contributed by atoms with Crippen LogP contribution in [0.2, 0.25) is 0 Å². The van der Waals surface area contributed by atoms with Gasteiger partial charge in [-0.1, -0.05) is 46.3 Å². The first-order valence-corrected chi connectivity index (χ1v) is 7.84. The highest BCUT2D eigenvalue weighted by Gasteiger charge is 2.16. The number of nitrogens with zero attached hydrogens (tertiary/aromatic N) is 1. The molecule has 118 valence electrons. The predicted octanol–water partition coefficient (Wildman–Crippen LogP) is 3.33. The van der Waals surface area contributed by atoms with Crippen LogP contribution in [-0.2, 0) is 0 Å². The van der Waals surface area contributed by atoms with Gasteiger partial charge in [-0.15, -0.1) is 0 Å². The summed E-state index contributed by atoms with van der Waals surface area (Å²) in [6, 6.07) is 11.1. The van der Waals surface area contributed by atoms with Crippen molar-refractivity contribution in [2.45, 2.75) is 0 Å². The van der Waals surface area contributed by atoms with Crippen molar-refractivity contribution >= 4 is 37.6 Å². The van der Waals surface area contributed by atoms with E-state index in [0.717, 1.165) is 15.2 Å². The Labute approximate surface area is 142 Å². The first-order chi connectivity index (χ1) is 11.6. The van der Waals surface area contributed by atoms with Crippen molar-refractivity contribution in [2.75, 3.05) is 0 Å². The molecule has 0 aliphatic carbocycles. The maximum absolute atomic E-state index is 15.0. The van der Waals surface area contributed by atoms with Crippen molar-refractivity contribution < 1.29 is 4.39 Å². The number of aromatic nitrogens is 3. The van der Waals surface area contributed by atoms with Gasteiger partial charge in [0.25, 0.3) is 5.56 Å². The molecule has 0 atom stereocenters. The first kappa shape index (κ1) is 14.8. The third kappa shape index (κ3) is 2.16. The van der Waals surface area contributed by atoms with E-state index in [0.29, 0.717) is 5.56 Å². The summed E-state index contributed by atoms with van der Waals surface area (Å²) in [4.78, 5) is 31.8. The zero-order valence-corrected chi connectivity index (χ0v) is 13.6. The summed E-state index contributed by atoms with van der Waals surface area (Å²) in [6.07, 6.45) is 1.26. The van der Waals surface area contributed by atoms with Gasteiger partial charge in [0.05, 0.1) is 10.9 Å². The van der Waals surface area contributed by atoms with Crippen LogP contribution >= 0.6 is 15.9 Å². The number of aromatic amines is 2. The van der Waals surface area contributed by atoms with E-state index in [4.69, 9.17) is 0 Å². The van der Waals surface area contributed by atoms with E-state index in [1.807, 2.05) is 24.3 Å². The van der Waals surface area contributed by atoms with E-state index in [2.05, 4.69) is 30.9 Å². The molecule has 0 saturated heterocycles. The van der Waals surface area contributed by atoms with Crippen molar-refractivity contribution in [2.24, 2.45) is 0 Å². The Morgan fingerprint density at radius 1 is 1.04 bits per heavy atom. The number of rotatable bonds is 1. The molecule has 0 amide bonds.